The minimum atomic E-state index is -0.0571. The summed E-state index contributed by atoms with van der Waals surface area (Å²) in [5.74, 6) is 0.787. The van der Waals surface area contributed by atoms with Gasteiger partial charge in [-0.1, -0.05) is 5.16 Å². The van der Waals surface area contributed by atoms with Gasteiger partial charge in [-0.3, -0.25) is 4.79 Å². The molecule has 0 unspecified atom stereocenters. The standard InChI is InChI=1S/C14H21NO3.C7H6N2O2/c1-9(2)15(10(3)4)14(17)11-6-7-12(16)13(8-11)18-5;8-7-5-2-1-4(10)3-6(5)11-9-7/h6-10,16H,1-5H3;1-3,10H,(H2,8,9). The lowest BCUT2D eigenvalue weighted by atomic mass is 10.1. The number of ether oxygens (including phenoxy) is 1. The molecule has 156 valence electrons. The molecule has 0 fully saturated rings. The Bertz CT molecular complexity index is 974. The van der Waals surface area contributed by atoms with Gasteiger partial charge in [-0.05, 0) is 58.0 Å². The van der Waals surface area contributed by atoms with Crippen molar-refractivity contribution in [2.45, 2.75) is 39.8 Å². The summed E-state index contributed by atoms with van der Waals surface area (Å²) in [6, 6.07) is 9.57. The van der Waals surface area contributed by atoms with Crippen molar-refractivity contribution in [1.29, 1.82) is 0 Å². The van der Waals surface area contributed by atoms with Crippen LogP contribution in [-0.4, -0.2) is 45.4 Å². The second-order valence-electron chi connectivity index (χ2n) is 7.03. The van der Waals surface area contributed by atoms with Gasteiger partial charge in [0.25, 0.3) is 5.91 Å². The second-order valence-corrected chi connectivity index (χ2v) is 7.03. The van der Waals surface area contributed by atoms with E-state index in [-0.39, 0.29) is 29.5 Å². The number of phenolic OH excluding ortho intramolecular Hbond substituents is 2. The number of nitrogens with zero attached hydrogens (tertiary/aromatic N) is 2. The zero-order valence-corrected chi connectivity index (χ0v) is 17.2. The van der Waals surface area contributed by atoms with Crippen LogP contribution in [0, 0.1) is 0 Å². The summed E-state index contributed by atoms with van der Waals surface area (Å²) in [5, 5.41) is 22.8. The van der Waals surface area contributed by atoms with E-state index in [0.29, 0.717) is 22.7 Å². The molecule has 0 aliphatic carbocycles. The minimum Gasteiger partial charge on any atom is -0.508 e. The van der Waals surface area contributed by atoms with Crippen LogP contribution in [0.3, 0.4) is 0 Å². The average Bonchev–Trinajstić information content (AvgIpc) is 3.02. The number of anilines is 1. The van der Waals surface area contributed by atoms with E-state index in [2.05, 4.69) is 5.16 Å². The average molecular weight is 401 g/mol. The molecule has 0 bridgehead atoms. The van der Waals surface area contributed by atoms with E-state index >= 15 is 0 Å². The molecular weight excluding hydrogens is 374 g/mol. The number of rotatable bonds is 4. The fraction of sp³-hybridized carbons (Fsp3) is 0.333. The molecule has 1 heterocycles. The van der Waals surface area contributed by atoms with Gasteiger partial charge in [0.05, 0.1) is 12.5 Å². The number of benzene rings is 2. The molecule has 0 spiro atoms. The van der Waals surface area contributed by atoms with Crippen molar-refractivity contribution in [2.75, 3.05) is 12.8 Å². The number of nitrogens with two attached hydrogens (primary N) is 1. The molecule has 3 aromatic rings. The molecule has 1 aromatic heterocycles. The van der Waals surface area contributed by atoms with Crippen molar-refractivity contribution in [2.24, 2.45) is 0 Å². The van der Waals surface area contributed by atoms with Gasteiger partial charge < -0.3 is 30.1 Å². The summed E-state index contributed by atoms with van der Waals surface area (Å²) in [5.41, 5.74) is 6.46. The van der Waals surface area contributed by atoms with Crippen molar-refractivity contribution in [3.05, 3.63) is 42.0 Å². The highest BCUT2D eigenvalue weighted by Gasteiger charge is 2.22. The van der Waals surface area contributed by atoms with Crippen LogP contribution in [0.4, 0.5) is 5.82 Å². The molecule has 0 aliphatic heterocycles. The van der Waals surface area contributed by atoms with Crippen molar-refractivity contribution >= 4 is 22.7 Å². The molecule has 1 amide bonds. The fourth-order valence-corrected chi connectivity index (χ4v) is 2.97. The topological polar surface area (TPSA) is 122 Å². The third-order valence-electron chi connectivity index (χ3n) is 4.26. The van der Waals surface area contributed by atoms with Gasteiger partial charge in [0.2, 0.25) is 0 Å². The summed E-state index contributed by atoms with van der Waals surface area (Å²) in [4.78, 5) is 14.2. The number of amides is 1. The van der Waals surface area contributed by atoms with Crippen molar-refractivity contribution in [3.63, 3.8) is 0 Å². The summed E-state index contributed by atoms with van der Waals surface area (Å²) in [6.45, 7) is 7.93. The van der Waals surface area contributed by atoms with Crippen LogP contribution < -0.4 is 10.5 Å². The molecule has 0 aliphatic rings. The summed E-state index contributed by atoms with van der Waals surface area (Å²) in [7, 11) is 1.46. The quantitative estimate of drug-likeness (QED) is 0.608. The van der Waals surface area contributed by atoms with E-state index < -0.39 is 0 Å². The number of phenols is 2. The predicted octanol–water partition coefficient (Wildman–Crippen LogP) is 3.78. The van der Waals surface area contributed by atoms with Crippen molar-refractivity contribution in [1.82, 2.24) is 10.1 Å². The van der Waals surface area contributed by atoms with Gasteiger partial charge in [-0.15, -0.1) is 0 Å². The summed E-state index contributed by atoms with van der Waals surface area (Å²) in [6.07, 6.45) is 0. The van der Waals surface area contributed by atoms with Crippen LogP contribution in [0.15, 0.2) is 40.9 Å². The Balaban J connectivity index is 0.000000230. The first-order valence-corrected chi connectivity index (χ1v) is 9.19. The monoisotopic (exact) mass is 401 g/mol. The lowest BCUT2D eigenvalue weighted by Crippen LogP contribution is -2.42. The van der Waals surface area contributed by atoms with Crippen LogP contribution >= 0.6 is 0 Å². The highest BCUT2D eigenvalue weighted by Crippen LogP contribution is 2.27. The number of aromatic nitrogens is 1. The Kier molecular flexibility index (Phi) is 6.93. The molecular formula is C21H27N3O5. The molecule has 8 nitrogen and oxygen atoms in total. The zero-order valence-electron chi connectivity index (χ0n) is 17.2. The molecule has 0 saturated heterocycles. The molecule has 0 atom stereocenters. The summed E-state index contributed by atoms with van der Waals surface area (Å²) < 4.78 is 9.81. The third-order valence-corrected chi connectivity index (χ3v) is 4.26. The van der Waals surface area contributed by atoms with Gasteiger partial charge in [0.1, 0.15) is 5.75 Å². The Labute approximate surface area is 169 Å². The van der Waals surface area contributed by atoms with Crippen LogP contribution in [0.2, 0.25) is 0 Å². The molecule has 0 saturated carbocycles. The maximum Gasteiger partial charge on any atom is 0.254 e. The van der Waals surface area contributed by atoms with E-state index in [1.165, 1.54) is 25.3 Å². The number of methoxy groups -OCH3 is 1. The first-order chi connectivity index (χ1) is 13.6. The Morgan fingerprint density at radius 1 is 1.10 bits per heavy atom. The van der Waals surface area contributed by atoms with E-state index in [4.69, 9.17) is 20.1 Å². The number of hydrogen-bond acceptors (Lipinski definition) is 7. The number of carbonyl (C=O) groups is 1. The van der Waals surface area contributed by atoms with Gasteiger partial charge >= 0.3 is 0 Å². The van der Waals surface area contributed by atoms with Crippen LogP contribution in [0.1, 0.15) is 38.1 Å². The number of carbonyl (C=O) groups excluding carboxylic acids is 1. The van der Waals surface area contributed by atoms with Gasteiger partial charge in [-0.25, -0.2) is 0 Å². The minimum absolute atomic E-state index is 0.0368. The SMILES string of the molecule is COc1cc(C(=O)N(C(C)C)C(C)C)ccc1O.Nc1noc2cc(O)ccc12. The third kappa shape index (κ3) is 5.10. The van der Waals surface area contributed by atoms with Gasteiger partial charge in [0.15, 0.2) is 22.9 Å². The van der Waals surface area contributed by atoms with E-state index in [1.54, 1.807) is 23.1 Å². The first kappa shape index (κ1) is 21.9. The number of fused-ring (bicyclic) bond motifs is 1. The fourth-order valence-electron chi connectivity index (χ4n) is 2.97. The molecule has 0 radical (unpaired) electrons. The zero-order chi connectivity index (χ0) is 21.7. The van der Waals surface area contributed by atoms with Gasteiger partial charge in [-0.2, -0.15) is 0 Å². The van der Waals surface area contributed by atoms with E-state index in [9.17, 15) is 9.90 Å². The highest BCUT2D eigenvalue weighted by molar-refractivity contribution is 5.95. The molecule has 2 aromatic carbocycles. The molecule has 4 N–H and O–H groups in total. The lowest BCUT2D eigenvalue weighted by Gasteiger charge is -2.31. The predicted molar refractivity (Wildman–Crippen MR) is 111 cm³/mol. The molecule has 29 heavy (non-hydrogen) atoms. The normalized spacial score (nSPS) is 10.7. The first-order valence-electron chi connectivity index (χ1n) is 9.19. The number of nitrogen functional groups attached to an aromatic ring is 1. The lowest BCUT2D eigenvalue weighted by molar-refractivity contribution is 0.0643. The van der Waals surface area contributed by atoms with E-state index in [1.807, 2.05) is 27.7 Å². The maximum atomic E-state index is 12.4. The van der Waals surface area contributed by atoms with Crippen LogP contribution in [0.25, 0.3) is 11.0 Å². The Morgan fingerprint density at radius 3 is 2.34 bits per heavy atom. The van der Waals surface area contributed by atoms with Crippen LogP contribution in [-0.2, 0) is 0 Å². The molecule has 8 heteroatoms. The smallest absolute Gasteiger partial charge is 0.254 e. The maximum absolute atomic E-state index is 12.4. The van der Waals surface area contributed by atoms with Gasteiger partial charge in [0, 0.05) is 23.7 Å². The molecule has 3 rings (SSSR count). The number of hydrogen-bond donors (Lipinski definition) is 3. The second kappa shape index (κ2) is 9.18. The Morgan fingerprint density at radius 2 is 1.76 bits per heavy atom. The van der Waals surface area contributed by atoms with Crippen molar-refractivity contribution in [3.8, 4) is 17.2 Å². The van der Waals surface area contributed by atoms with Crippen molar-refractivity contribution < 1.29 is 24.3 Å². The highest BCUT2D eigenvalue weighted by atomic mass is 16.5. The Hall–Kier alpha value is -3.42. The van der Waals surface area contributed by atoms with E-state index in [0.717, 1.165) is 5.39 Å². The summed E-state index contributed by atoms with van der Waals surface area (Å²) >= 11 is 0. The number of aromatic hydroxyl groups is 2. The van der Waals surface area contributed by atoms with Crippen LogP contribution in [0.5, 0.6) is 17.2 Å². The largest absolute Gasteiger partial charge is 0.508 e.